The second kappa shape index (κ2) is 9.02. The SMILES string of the molecule is CC[C@H](C)[C@@H](NC(=O)[C@H]1Cc2ccccc2CN1)C(=O)Nc1ccc(C)cc1. The molecule has 1 heterocycles. The molecule has 0 aromatic heterocycles. The first-order valence-corrected chi connectivity index (χ1v) is 9.96. The molecule has 2 amide bonds. The summed E-state index contributed by atoms with van der Waals surface area (Å²) in [4.78, 5) is 25.8. The molecular formula is C23H29N3O2. The van der Waals surface area contributed by atoms with Gasteiger partial charge >= 0.3 is 0 Å². The molecule has 3 N–H and O–H groups in total. The van der Waals surface area contributed by atoms with Gasteiger partial charge in [0.25, 0.3) is 0 Å². The summed E-state index contributed by atoms with van der Waals surface area (Å²) in [7, 11) is 0. The van der Waals surface area contributed by atoms with E-state index in [2.05, 4.69) is 28.1 Å². The molecule has 2 aromatic rings. The van der Waals surface area contributed by atoms with Crippen LogP contribution in [0.25, 0.3) is 0 Å². The van der Waals surface area contributed by atoms with E-state index in [-0.39, 0.29) is 23.8 Å². The van der Waals surface area contributed by atoms with E-state index in [9.17, 15) is 9.59 Å². The topological polar surface area (TPSA) is 70.2 Å². The van der Waals surface area contributed by atoms with Crippen molar-refractivity contribution in [1.29, 1.82) is 0 Å². The van der Waals surface area contributed by atoms with E-state index in [4.69, 9.17) is 0 Å². The largest absolute Gasteiger partial charge is 0.343 e. The lowest BCUT2D eigenvalue weighted by Crippen LogP contribution is -2.55. The van der Waals surface area contributed by atoms with Gasteiger partial charge in [0.05, 0.1) is 6.04 Å². The van der Waals surface area contributed by atoms with Crippen LogP contribution in [-0.2, 0) is 22.6 Å². The molecule has 5 heteroatoms. The van der Waals surface area contributed by atoms with E-state index < -0.39 is 6.04 Å². The number of hydrogen-bond donors (Lipinski definition) is 3. The number of nitrogens with one attached hydrogen (secondary N) is 3. The van der Waals surface area contributed by atoms with Crippen LogP contribution in [0.15, 0.2) is 48.5 Å². The van der Waals surface area contributed by atoms with Crippen LogP contribution >= 0.6 is 0 Å². The molecule has 148 valence electrons. The van der Waals surface area contributed by atoms with Crippen LogP contribution in [0.5, 0.6) is 0 Å². The summed E-state index contributed by atoms with van der Waals surface area (Å²) in [6.07, 6.45) is 1.43. The Kier molecular flexibility index (Phi) is 6.47. The second-order valence-electron chi connectivity index (χ2n) is 7.63. The van der Waals surface area contributed by atoms with E-state index in [1.165, 1.54) is 11.1 Å². The number of hydrogen-bond acceptors (Lipinski definition) is 3. The quantitative estimate of drug-likeness (QED) is 0.722. The van der Waals surface area contributed by atoms with Crippen LogP contribution in [0.3, 0.4) is 0 Å². The molecule has 1 aliphatic heterocycles. The molecule has 0 fully saturated rings. The van der Waals surface area contributed by atoms with Gasteiger partial charge in [-0.25, -0.2) is 0 Å². The minimum atomic E-state index is -0.572. The van der Waals surface area contributed by atoms with Crippen LogP contribution in [0.1, 0.15) is 37.0 Å². The van der Waals surface area contributed by atoms with Crippen LogP contribution in [0.2, 0.25) is 0 Å². The van der Waals surface area contributed by atoms with Crippen LogP contribution in [0, 0.1) is 12.8 Å². The molecule has 1 aliphatic rings. The summed E-state index contributed by atoms with van der Waals surface area (Å²) >= 11 is 0. The number of amides is 2. The van der Waals surface area contributed by atoms with E-state index in [1.54, 1.807) is 0 Å². The van der Waals surface area contributed by atoms with Crippen LogP contribution < -0.4 is 16.0 Å². The van der Waals surface area contributed by atoms with E-state index in [0.717, 1.165) is 17.7 Å². The number of fused-ring (bicyclic) bond motifs is 1. The molecule has 3 rings (SSSR count). The van der Waals surface area contributed by atoms with E-state index in [0.29, 0.717) is 13.0 Å². The van der Waals surface area contributed by atoms with Crippen molar-refractivity contribution in [2.45, 2.75) is 52.2 Å². The van der Waals surface area contributed by atoms with Gasteiger partial charge in [-0.15, -0.1) is 0 Å². The fraction of sp³-hybridized carbons (Fsp3) is 0.391. The van der Waals surface area contributed by atoms with Gasteiger partial charge in [-0.1, -0.05) is 62.2 Å². The Morgan fingerprint density at radius 2 is 1.79 bits per heavy atom. The predicted octanol–water partition coefficient (Wildman–Crippen LogP) is 3.18. The Bertz CT molecular complexity index is 832. The minimum absolute atomic E-state index is 0.0327. The van der Waals surface area contributed by atoms with Crippen molar-refractivity contribution in [1.82, 2.24) is 10.6 Å². The third-order valence-corrected chi connectivity index (χ3v) is 5.51. The second-order valence-corrected chi connectivity index (χ2v) is 7.63. The Hall–Kier alpha value is -2.66. The van der Waals surface area contributed by atoms with Gasteiger partial charge in [-0.3, -0.25) is 9.59 Å². The van der Waals surface area contributed by atoms with Crippen LogP contribution in [-0.4, -0.2) is 23.9 Å². The standard InChI is InChI=1S/C23H29N3O2/c1-4-16(3)21(23(28)25-19-11-9-15(2)10-12-19)26-22(27)20-13-17-7-5-6-8-18(17)14-24-20/h5-12,16,20-21,24H,4,13-14H2,1-3H3,(H,25,28)(H,26,27)/t16-,20+,21+/m0/s1. The third-order valence-electron chi connectivity index (χ3n) is 5.51. The summed E-state index contributed by atoms with van der Waals surface area (Å²) in [6.45, 7) is 6.68. The maximum absolute atomic E-state index is 12.9. The molecule has 0 unspecified atom stereocenters. The normalized spacial score (nSPS) is 17.9. The molecule has 3 atom stereocenters. The highest BCUT2D eigenvalue weighted by Crippen LogP contribution is 2.18. The zero-order chi connectivity index (χ0) is 20.1. The van der Waals surface area contributed by atoms with Gasteiger partial charge in [-0.05, 0) is 42.5 Å². The fourth-order valence-electron chi connectivity index (χ4n) is 3.45. The highest BCUT2D eigenvalue weighted by Gasteiger charge is 2.30. The van der Waals surface area contributed by atoms with Gasteiger partial charge in [0.2, 0.25) is 11.8 Å². The molecule has 28 heavy (non-hydrogen) atoms. The Morgan fingerprint density at radius 1 is 1.11 bits per heavy atom. The first-order chi connectivity index (χ1) is 13.5. The zero-order valence-corrected chi connectivity index (χ0v) is 16.8. The Morgan fingerprint density at radius 3 is 2.46 bits per heavy atom. The van der Waals surface area contributed by atoms with Gasteiger partial charge in [0.15, 0.2) is 0 Å². The molecular weight excluding hydrogens is 350 g/mol. The molecule has 2 aromatic carbocycles. The minimum Gasteiger partial charge on any atom is -0.343 e. The zero-order valence-electron chi connectivity index (χ0n) is 16.8. The Balaban J connectivity index is 1.67. The van der Waals surface area contributed by atoms with Gasteiger partial charge in [-0.2, -0.15) is 0 Å². The maximum Gasteiger partial charge on any atom is 0.247 e. The first-order valence-electron chi connectivity index (χ1n) is 9.96. The third kappa shape index (κ3) is 4.78. The summed E-state index contributed by atoms with van der Waals surface area (Å²) < 4.78 is 0. The van der Waals surface area contributed by atoms with Gasteiger partial charge in [0, 0.05) is 12.2 Å². The van der Waals surface area contributed by atoms with Crippen molar-refractivity contribution < 1.29 is 9.59 Å². The molecule has 0 bridgehead atoms. The van der Waals surface area contributed by atoms with Crippen molar-refractivity contribution >= 4 is 17.5 Å². The van der Waals surface area contributed by atoms with Crippen molar-refractivity contribution in [3.63, 3.8) is 0 Å². The maximum atomic E-state index is 12.9. The predicted molar refractivity (Wildman–Crippen MR) is 112 cm³/mol. The van der Waals surface area contributed by atoms with E-state index in [1.807, 2.05) is 57.2 Å². The van der Waals surface area contributed by atoms with Crippen molar-refractivity contribution in [2.24, 2.45) is 5.92 Å². The van der Waals surface area contributed by atoms with Crippen LogP contribution in [0.4, 0.5) is 5.69 Å². The summed E-state index contributed by atoms with van der Waals surface area (Å²) in [6, 6.07) is 14.9. The number of carbonyl (C=O) groups is 2. The molecule has 5 nitrogen and oxygen atoms in total. The average molecular weight is 380 g/mol. The lowest BCUT2D eigenvalue weighted by molar-refractivity contribution is -0.129. The summed E-state index contributed by atoms with van der Waals surface area (Å²) in [5.74, 6) is -0.271. The summed E-state index contributed by atoms with van der Waals surface area (Å²) in [5.41, 5.74) is 4.28. The fourth-order valence-corrected chi connectivity index (χ4v) is 3.45. The highest BCUT2D eigenvalue weighted by molar-refractivity contribution is 5.98. The molecule has 0 saturated carbocycles. The highest BCUT2D eigenvalue weighted by atomic mass is 16.2. The number of rotatable bonds is 6. The lowest BCUT2D eigenvalue weighted by Gasteiger charge is -2.29. The smallest absolute Gasteiger partial charge is 0.247 e. The lowest BCUT2D eigenvalue weighted by atomic mass is 9.94. The molecule has 0 spiro atoms. The monoisotopic (exact) mass is 379 g/mol. The number of carbonyl (C=O) groups excluding carboxylic acids is 2. The Labute approximate surface area is 166 Å². The van der Waals surface area contributed by atoms with E-state index >= 15 is 0 Å². The summed E-state index contributed by atoms with van der Waals surface area (Å²) in [5, 5.41) is 9.21. The number of benzene rings is 2. The van der Waals surface area contributed by atoms with Gasteiger partial charge < -0.3 is 16.0 Å². The molecule has 0 saturated heterocycles. The molecule has 0 aliphatic carbocycles. The van der Waals surface area contributed by atoms with Gasteiger partial charge in [0.1, 0.15) is 6.04 Å². The van der Waals surface area contributed by atoms with Crippen molar-refractivity contribution in [3.8, 4) is 0 Å². The molecule has 0 radical (unpaired) electrons. The van der Waals surface area contributed by atoms with Crippen molar-refractivity contribution in [2.75, 3.05) is 5.32 Å². The van der Waals surface area contributed by atoms with Crippen molar-refractivity contribution in [3.05, 3.63) is 65.2 Å². The first kappa shape index (κ1) is 20.1. The number of aryl methyl sites for hydroxylation is 1. The number of anilines is 1. The average Bonchev–Trinajstić information content (AvgIpc) is 2.72.